The summed E-state index contributed by atoms with van der Waals surface area (Å²) in [4.78, 5) is 3.90. The fraction of sp³-hybridized carbons (Fsp3) is 0.0769. The van der Waals surface area contributed by atoms with E-state index in [1.54, 1.807) is 36.7 Å². The highest BCUT2D eigenvalue weighted by Gasteiger charge is 2.06. The topological polar surface area (TPSA) is 72.0 Å². The van der Waals surface area contributed by atoms with Gasteiger partial charge in [0.15, 0.2) is 0 Å². The van der Waals surface area contributed by atoms with Crippen molar-refractivity contribution in [1.29, 1.82) is 5.41 Å². The van der Waals surface area contributed by atoms with Crippen LogP contribution >= 0.6 is 23.2 Å². The van der Waals surface area contributed by atoms with E-state index in [0.29, 0.717) is 28.0 Å². The Balaban J connectivity index is 2.12. The van der Waals surface area contributed by atoms with Crippen molar-refractivity contribution in [3.05, 3.63) is 57.8 Å². The third-order valence-electron chi connectivity index (χ3n) is 2.48. The maximum Gasteiger partial charge on any atom is 0.138 e. The summed E-state index contributed by atoms with van der Waals surface area (Å²) in [7, 11) is 0. The Morgan fingerprint density at radius 3 is 2.68 bits per heavy atom. The molecule has 0 bridgehead atoms. The first-order chi connectivity index (χ1) is 9.08. The summed E-state index contributed by atoms with van der Waals surface area (Å²) < 4.78 is 5.58. The SMILES string of the molecule is N=C(N)c1ccc(OCc2ccncc2Cl)c(Cl)c1. The summed E-state index contributed by atoms with van der Waals surface area (Å²) in [6, 6.07) is 6.72. The molecule has 0 spiro atoms. The molecule has 0 fully saturated rings. The number of rotatable bonds is 4. The number of hydrogen-bond acceptors (Lipinski definition) is 3. The molecule has 1 heterocycles. The molecule has 0 aliphatic heterocycles. The second-order valence-electron chi connectivity index (χ2n) is 3.81. The molecule has 0 saturated carbocycles. The van der Waals surface area contributed by atoms with Crippen molar-refractivity contribution in [3.63, 3.8) is 0 Å². The van der Waals surface area contributed by atoms with E-state index >= 15 is 0 Å². The van der Waals surface area contributed by atoms with Crippen LogP contribution in [0.4, 0.5) is 0 Å². The number of hydrogen-bond donors (Lipinski definition) is 2. The van der Waals surface area contributed by atoms with Gasteiger partial charge in [0.1, 0.15) is 18.2 Å². The zero-order valence-electron chi connectivity index (χ0n) is 9.86. The number of aromatic nitrogens is 1. The Morgan fingerprint density at radius 1 is 1.26 bits per heavy atom. The van der Waals surface area contributed by atoms with Gasteiger partial charge in [-0.25, -0.2) is 0 Å². The number of benzene rings is 1. The molecule has 4 nitrogen and oxygen atoms in total. The summed E-state index contributed by atoms with van der Waals surface area (Å²) >= 11 is 12.0. The lowest BCUT2D eigenvalue weighted by Crippen LogP contribution is -2.10. The van der Waals surface area contributed by atoms with Crippen LogP contribution in [0.3, 0.4) is 0 Å². The second kappa shape index (κ2) is 5.91. The van der Waals surface area contributed by atoms with Gasteiger partial charge in [-0.05, 0) is 24.3 Å². The third kappa shape index (κ3) is 3.36. The Labute approximate surface area is 120 Å². The quantitative estimate of drug-likeness (QED) is 0.672. The summed E-state index contributed by atoms with van der Waals surface area (Å²) in [6.07, 6.45) is 3.20. The molecule has 2 rings (SSSR count). The van der Waals surface area contributed by atoms with Crippen LogP contribution in [-0.2, 0) is 6.61 Å². The third-order valence-corrected chi connectivity index (χ3v) is 3.12. The molecular formula is C13H11Cl2N3O. The van der Waals surface area contributed by atoms with Crippen LogP contribution in [0.2, 0.25) is 10.0 Å². The van der Waals surface area contributed by atoms with Crippen molar-refractivity contribution >= 4 is 29.0 Å². The van der Waals surface area contributed by atoms with E-state index in [0.717, 1.165) is 5.56 Å². The van der Waals surface area contributed by atoms with E-state index in [2.05, 4.69) is 4.98 Å². The Bertz CT molecular complexity index is 617. The molecule has 6 heteroatoms. The van der Waals surface area contributed by atoms with Gasteiger partial charge in [0.2, 0.25) is 0 Å². The molecule has 3 N–H and O–H groups in total. The lowest BCUT2D eigenvalue weighted by atomic mass is 10.2. The van der Waals surface area contributed by atoms with Crippen molar-refractivity contribution in [2.75, 3.05) is 0 Å². The minimum absolute atomic E-state index is 0.0365. The maximum absolute atomic E-state index is 7.32. The first kappa shape index (κ1) is 13.6. The number of nitrogens with one attached hydrogen (secondary N) is 1. The molecular weight excluding hydrogens is 285 g/mol. The van der Waals surface area contributed by atoms with Crippen molar-refractivity contribution in [2.24, 2.45) is 5.73 Å². The van der Waals surface area contributed by atoms with E-state index < -0.39 is 0 Å². The monoisotopic (exact) mass is 295 g/mol. The van der Waals surface area contributed by atoms with Crippen LogP contribution in [0, 0.1) is 5.41 Å². The molecule has 0 saturated heterocycles. The minimum atomic E-state index is -0.0365. The van der Waals surface area contributed by atoms with Crippen molar-refractivity contribution in [1.82, 2.24) is 4.98 Å². The molecule has 0 unspecified atom stereocenters. The number of ether oxygens (including phenoxy) is 1. The number of nitrogens with zero attached hydrogens (tertiary/aromatic N) is 1. The molecule has 0 aliphatic carbocycles. The Kier molecular flexibility index (Phi) is 4.24. The zero-order valence-corrected chi connectivity index (χ0v) is 11.4. The molecule has 1 aromatic carbocycles. The average Bonchev–Trinajstić information content (AvgIpc) is 2.39. The van der Waals surface area contributed by atoms with Gasteiger partial charge in [-0.3, -0.25) is 10.4 Å². The van der Waals surface area contributed by atoms with Crippen LogP contribution in [0.15, 0.2) is 36.7 Å². The van der Waals surface area contributed by atoms with Crippen molar-refractivity contribution in [3.8, 4) is 5.75 Å². The van der Waals surface area contributed by atoms with E-state index in [1.165, 1.54) is 0 Å². The van der Waals surface area contributed by atoms with Crippen molar-refractivity contribution < 1.29 is 4.74 Å². The van der Waals surface area contributed by atoms with Gasteiger partial charge in [-0.15, -0.1) is 0 Å². The van der Waals surface area contributed by atoms with Gasteiger partial charge >= 0.3 is 0 Å². The smallest absolute Gasteiger partial charge is 0.138 e. The minimum Gasteiger partial charge on any atom is -0.487 e. The van der Waals surface area contributed by atoms with Crippen LogP contribution in [0.1, 0.15) is 11.1 Å². The highest BCUT2D eigenvalue weighted by molar-refractivity contribution is 6.32. The van der Waals surface area contributed by atoms with E-state index in [-0.39, 0.29) is 5.84 Å². The molecule has 0 aliphatic rings. The largest absolute Gasteiger partial charge is 0.487 e. The number of halogens is 2. The number of amidine groups is 1. The maximum atomic E-state index is 7.32. The van der Waals surface area contributed by atoms with E-state index in [1.807, 2.05) is 0 Å². The van der Waals surface area contributed by atoms with Crippen LogP contribution in [-0.4, -0.2) is 10.8 Å². The van der Waals surface area contributed by atoms with Gasteiger partial charge in [0.05, 0.1) is 10.0 Å². The summed E-state index contributed by atoms with van der Waals surface area (Å²) in [5, 5.41) is 8.26. The van der Waals surface area contributed by atoms with E-state index in [4.69, 9.17) is 39.1 Å². The highest BCUT2D eigenvalue weighted by atomic mass is 35.5. The first-order valence-electron chi connectivity index (χ1n) is 5.43. The zero-order chi connectivity index (χ0) is 13.8. The standard InChI is InChI=1S/C13H11Cl2N3O/c14-10-5-8(13(16)17)1-2-12(10)19-7-9-3-4-18-6-11(9)15/h1-6H,7H2,(H3,16,17). The Hall–Kier alpha value is -1.78. The first-order valence-corrected chi connectivity index (χ1v) is 6.18. The molecule has 0 amide bonds. The predicted octanol–water partition coefficient (Wildman–Crippen LogP) is 3.25. The summed E-state index contributed by atoms with van der Waals surface area (Å²) in [5.41, 5.74) is 6.75. The molecule has 0 atom stereocenters. The summed E-state index contributed by atoms with van der Waals surface area (Å²) in [6.45, 7) is 0.292. The fourth-order valence-corrected chi connectivity index (χ4v) is 1.87. The lowest BCUT2D eigenvalue weighted by Gasteiger charge is -2.10. The van der Waals surface area contributed by atoms with Crippen LogP contribution in [0.25, 0.3) is 0 Å². The van der Waals surface area contributed by atoms with Gasteiger partial charge < -0.3 is 10.5 Å². The number of pyridine rings is 1. The molecule has 19 heavy (non-hydrogen) atoms. The molecule has 0 radical (unpaired) electrons. The summed E-state index contributed by atoms with van der Waals surface area (Å²) in [5.74, 6) is 0.477. The fourth-order valence-electron chi connectivity index (χ4n) is 1.46. The van der Waals surface area contributed by atoms with Gasteiger partial charge in [-0.1, -0.05) is 23.2 Å². The molecule has 1 aromatic heterocycles. The Morgan fingerprint density at radius 2 is 2.05 bits per heavy atom. The highest BCUT2D eigenvalue weighted by Crippen LogP contribution is 2.27. The average molecular weight is 296 g/mol. The van der Waals surface area contributed by atoms with Crippen LogP contribution in [0.5, 0.6) is 5.75 Å². The van der Waals surface area contributed by atoms with E-state index in [9.17, 15) is 0 Å². The lowest BCUT2D eigenvalue weighted by molar-refractivity contribution is 0.306. The molecule has 98 valence electrons. The van der Waals surface area contributed by atoms with Gasteiger partial charge in [0.25, 0.3) is 0 Å². The molecule has 2 aromatic rings. The van der Waals surface area contributed by atoms with Crippen molar-refractivity contribution in [2.45, 2.75) is 6.61 Å². The predicted molar refractivity (Wildman–Crippen MR) is 76.0 cm³/mol. The second-order valence-corrected chi connectivity index (χ2v) is 4.63. The number of nitrogen functional groups attached to an aromatic ring is 1. The van der Waals surface area contributed by atoms with Gasteiger partial charge in [0, 0.05) is 23.5 Å². The van der Waals surface area contributed by atoms with Crippen LogP contribution < -0.4 is 10.5 Å². The normalized spacial score (nSPS) is 10.2. The number of nitrogens with two attached hydrogens (primary N) is 1. The van der Waals surface area contributed by atoms with Gasteiger partial charge in [-0.2, -0.15) is 0 Å².